The molecule has 2 N–H and O–H groups in total. The zero-order valence-corrected chi connectivity index (χ0v) is 12.1. The summed E-state index contributed by atoms with van der Waals surface area (Å²) in [7, 11) is 1.79. The molecule has 1 aliphatic carbocycles. The van der Waals surface area contributed by atoms with Crippen molar-refractivity contribution in [3.63, 3.8) is 0 Å². The van der Waals surface area contributed by atoms with Gasteiger partial charge in [-0.05, 0) is 43.4 Å². The van der Waals surface area contributed by atoms with Crippen molar-refractivity contribution >= 4 is 0 Å². The Balaban J connectivity index is 1.74. The molecule has 4 nitrogen and oxygen atoms in total. The molecule has 0 bridgehead atoms. The molecular weight excluding hydrogens is 254 g/mol. The van der Waals surface area contributed by atoms with E-state index in [-0.39, 0.29) is 11.6 Å². The maximum atomic E-state index is 6.36. The van der Waals surface area contributed by atoms with Gasteiger partial charge in [-0.15, -0.1) is 0 Å². The molecule has 1 aromatic carbocycles. The van der Waals surface area contributed by atoms with E-state index in [1.807, 2.05) is 18.2 Å². The molecule has 4 heteroatoms. The summed E-state index contributed by atoms with van der Waals surface area (Å²) in [5.74, 6) is 1.64. The number of methoxy groups -OCH3 is 1. The van der Waals surface area contributed by atoms with Crippen molar-refractivity contribution in [3.8, 4) is 11.5 Å². The fourth-order valence-corrected chi connectivity index (χ4v) is 2.99. The molecule has 110 valence electrons. The van der Waals surface area contributed by atoms with Crippen LogP contribution in [0.15, 0.2) is 18.2 Å². The molecular formula is C16H23NO3. The van der Waals surface area contributed by atoms with E-state index in [0.717, 1.165) is 42.7 Å². The Labute approximate surface area is 120 Å². The first kappa shape index (κ1) is 13.7. The minimum Gasteiger partial charge on any atom is -0.490 e. The monoisotopic (exact) mass is 277 g/mol. The van der Waals surface area contributed by atoms with Gasteiger partial charge in [0.2, 0.25) is 0 Å². The van der Waals surface area contributed by atoms with E-state index in [1.165, 1.54) is 6.42 Å². The number of benzene rings is 1. The van der Waals surface area contributed by atoms with Crippen molar-refractivity contribution in [2.45, 2.75) is 43.7 Å². The normalized spacial score (nSPS) is 21.7. The van der Waals surface area contributed by atoms with Crippen LogP contribution in [0.25, 0.3) is 0 Å². The van der Waals surface area contributed by atoms with Crippen molar-refractivity contribution in [3.05, 3.63) is 23.8 Å². The Kier molecular flexibility index (Phi) is 3.85. The number of hydrogen-bond acceptors (Lipinski definition) is 4. The number of hydrogen-bond donors (Lipinski definition) is 1. The molecule has 1 atom stereocenters. The van der Waals surface area contributed by atoms with E-state index in [0.29, 0.717) is 13.2 Å². The fraction of sp³-hybridized carbons (Fsp3) is 0.625. The summed E-state index contributed by atoms with van der Waals surface area (Å²) in [6.45, 7) is 1.42. The van der Waals surface area contributed by atoms with Crippen LogP contribution >= 0.6 is 0 Å². The average Bonchev–Trinajstić information content (AvgIpc) is 2.67. The van der Waals surface area contributed by atoms with E-state index < -0.39 is 0 Å². The van der Waals surface area contributed by atoms with E-state index in [9.17, 15) is 0 Å². The predicted molar refractivity (Wildman–Crippen MR) is 77.2 cm³/mol. The van der Waals surface area contributed by atoms with Crippen molar-refractivity contribution in [2.24, 2.45) is 5.73 Å². The quantitative estimate of drug-likeness (QED) is 0.919. The van der Waals surface area contributed by atoms with Crippen LogP contribution < -0.4 is 15.2 Å². The molecule has 20 heavy (non-hydrogen) atoms. The van der Waals surface area contributed by atoms with E-state index in [1.54, 1.807) is 7.11 Å². The Morgan fingerprint density at radius 3 is 2.60 bits per heavy atom. The SMILES string of the molecule is COC1(CC(N)c2ccc3c(c2)OCCCO3)CCC1. The van der Waals surface area contributed by atoms with Gasteiger partial charge in [0.05, 0.1) is 18.8 Å². The van der Waals surface area contributed by atoms with Crippen molar-refractivity contribution < 1.29 is 14.2 Å². The maximum absolute atomic E-state index is 6.36. The molecule has 0 amide bonds. The Morgan fingerprint density at radius 1 is 1.20 bits per heavy atom. The lowest BCUT2D eigenvalue weighted by molar-refractivity contribution is -0.0817. The van der Waals surface area contributed by atoms with Crippen molar-refractivity contribution in [1.29, 1.82) is 0 Å². The first-order valence-electron chi connectivity index (χ1n) is 7.43. The number of fused-ring (bicyclic) bond motifs is 1. The molecule has 0 saturated heterocycles. The summed E-state index contributed by atoms with van der Waals surface area (Å²) in [5.41, 5.74) is 7.45. The molecule has 0 spiro atoms. The van der Waals surface area contributed by atoms with Gasteiger partial charge in [-0.2, -0.15) is 0 Å². The zero-order valence-electron chi connectivity index (χ0n) is 12.1. The first-order chi connectivity index (χ1) is 9.72. The largest absolute Gasteiger partial charge is 0.490 e. The van der Waals surface area contributed by atoms with Gasteiger partial charge in [-0.1, -0.05) is 6.07 Å². The van der Waals surface area contributed by atoms with E-state index in [4.69, 9.17) is 19.9 Å². The second kappa shape index (κ2) is 5.62. The zero-order chi connectivity index (χ0) is 14.0. The Morgan fingerprint density at radius 2 is 1.95 bits per heavy atom. The summed E-state index contributed by atoms with van der Waals surface area (Å²) in [6, 6.07) is 6.01. The predicted octanol–water partition coefficient (Wildman–Crippen LogP) is 2.81. The lowest BCUT2D eigenvalue weighted by atomic mass is 9.75. The maximum Gasteiger partial charge on any atom is 0.161 e. The number of nitrogens with two attached hydrogens (primary N) is 1. The molecule has 1 aliphatic heterocycles. The smallest absolute Gasteiger partial charge is 0.161 e. The number of rotatable bonds is 4. The molecule has 0 aromatic heterocycles. The van der Waals surface area contributed by atoms with Gasteiger partial charge >= 0.3 is 0 Å². The van der Waals surface area contributed by atoms with Crippen LogP contribution in [-0.2, 0) is 4.74 Å². The molecule has 1 saturated carbocycles. The third kappa shape index (κ3) is 2.63. The number of ether oxygens (including phenoxy) is 3. The summed E-state index contributed by atoms with van der Waals surface area (Å²) in [4.78, 5) is 0. The van der Waals surface area contributed by atoms with E-state index in [2.05, 4.69) is 0 Å². The second-order valence-electron chi connectivity index (χ2n) is 5.81. The minimum absolute atomic E-state index is 0.0104. The molecule has 3 rings (SSSR count). The van der Waals surface area contributed by atoms with Crippen LogP contribution in [0.4, 0.5) is 0 Å². The third-order valence-corrected chi connectivity index (χ3v) is 4.49. The van der Waals surface area contributed by atoms with Gasteiger partial charge in [-0.25, -0.2) is 0 Å². The molecule has 1 fully saturated rings. The molecule has 2 aliphatic rings. The summed E-state index contributed by atoms with van der Waals surface area (Å²) in [6.07, 6.45) is 5.25. The summed E-state index contributed by atoms with van der Waals surface area (Å²) >= 11 is 0. The van der Waals surface area contributed by atoms with Crippen LogP contribution in [0.5, 0.6) is 11.5 Å². The van der Waals surface area contributed by atoms with Crippen LogP contribution in [0.3, 0.4) is 0 Å². The lowest BCUT2D eigenvalue weighted by Crippen LogP contribution is -2.41. The lowest BCUT2D eigenvalue weighted by Gasteiger charge is -2.42. The highest BCUT2D eigenvalue weighted by Crippen LogP contribution is 2.42. The molecule has 1 unspecified atom stereocenters. The Bertz CT molecular complexity index is 465. The summed E-state index contributed by atoms with van der Waals surface area (Å²) in [5, 5.41) is 0. The highest BCUT2D eigenvalue weighted by molar-refractivity contribution is 5.44. The van der Waals surface area contributed by atoms with Gasteiger partial charge in [0.1, 0.15) is 0 Å². The average molecular weight is 277 g/mol. The second-order valence-corrected chi connectivity index (χ2v) is 5.81. The fourth-order valence-electron chi connectivity index (χ4n) is 2.99. The minimum atomic E-state index is -0.0209. The van der Waals surface area contributed by atoms with Crippen LogP contribution in [0.2, 0.25) is 0 Å². The van der Waals surface area contributed by atoms with Crippen molar-refractivity contribution in [1.82, 2.24) is 0 Å². The van der Waals surface area contributed by atoms with Crippen LogP contribution in [-0.4, -0.2) is 25.9 Å². The third-order valence-electron chi connectivity index (χ3n) is 4.49. The summed E-state index contributed by atoms with van der Waals surface area (Å²) < 4.78 is 17.0. The van der Waals surface area contributed by atoms with Gasteiger partial charge < -0.3 is 19.9 Å². The van der Waals surface area contributed by atoms with Gasteiger partial charge in [0.15, 0.2) is 11.5 Å². The van der Waals surface area contributed by atoms with Crippen LogP contribution in [0, 0.1) is 0 Å². The highest BCUT2D eigenvalue weighted by atomic mass is 16.5. The van der Waals surface area contributed by atoms with Crippen LogP contribution in [0.1, 0.15) is 43.7 Å². The van der Waals surface area contributed by atoms with Gasteiger partial charge in [-0.3, -0.25) is 0 Å². The van der Waals surface area contributed by atoms with Crippen molar-refractivity contribution in [2.75, 3.05) is 20.3 Å². The van der Waals surface area contributed by atoms with Gasteiger partial charge in [0.25, 0.3) is 0 Å². The van der Waals surface area contributed by atoms with Gasteiger partial charge in [0, 0.05) is 19.6 Å². The standard InChI is InChI=1S/C16H23NO3/c1-18-16(6-2-7-16)11-13(17)12-4-5-14-15(10-12)20-9-3-8-19-14/h4-5,10,13H,2-3,6-9,11,17H2,1H3. The molecule has 0 radical (unpaired) electrons. The first-order valence-corrected chi connectivity index (χ1v) is 7.43. The molecule has 1 aromatic rings. The Hall–Kier alpha value is -1.26. The topological polar surface area (TPSA) is 53.7 Å². The van der Waals surface area contributed by atoms with E-state index >= 15 is 0 Å². The highest BCUT2D eigenvalue weighted by Gasteiger charge is 2.38. The molecule has 1 heterocycles.